The Balaban J connectivity index is 1.17. The van der Waals surface area contributed by atoms with Crippen LogP contribution in [0.1, 0.15) is 79.5 Å². The van der Waals surface area contributed by atoms with Gasteiger partial charge >= 0.3 is 0 Å². The van der Waals surface area contributed by atoms with Crippen LogP contribution in [0.2, 0.25) is 0 Å². The van der Waals surface area contributed by atoms with Crippen LogP contribution >= 0.6 is 0 Å². The Hall–Kier alpha value is -6.90. The minimum atomic E-state index is -0.132. The molecule has 0 bridgehead atoms. The summed E-state index contributed by atoms with van der Waals surface area (Å²) in [5.41, 5.74) is 20.7. The zero-order chi connectivity index (χ0) is 42.6. The van der Waals surface area contributed by atoms with Gasteiger partial charge in [0.25, 0.3) is 0 Å². The molecule has 0 spiro atoms. The van der Waals surface area contributed by atoms with E-state index in [0.717, 1.165) is 19.3 Å². The average Bonchev–Trinajstić information content (AvgIpc) is 3.31. The summed E-state index contributed by atoms with van der Waals surface area (Å²) in [6.07, 6.45) is 12.8. The molecule has 0 radical (unpaired) electrons. The van der Waals surface area contributed by atoms with Crippen molar-refractivity contribution in [1.82, 2.24) is 0 Å². The van der Waals surface area contributed by atoms with E-state index in [1.54, 1.807) is 0 Å². The first-order valence-corrected chi connectivity index (χ1v) is 22.8. The van der Waals surface area contributed by atoms with Crippen LogP contribution in [0, 0.1) is 6.92 Å². The van der Waals surface area contributed by atoms with Crippen molar-refractivity contribution in [2.75, 3.05) is 9.80 Å². The predicted octanol–water partition coefficient (Wildman–Crippen LogP) is 14.4. The van der Waals surface area contributed by atoms with Crippen LogP contribution in [0.15, 0.2) is 164 Å². The van der Waals surface area contributed by atoms with Crippen molar-refractivity contribution in [3.05, 3.63) is 213 Å². The Morgan fingerprint density at radius 2 is 1.08 bits per heavy atom. The number of hydrogen-bond acceptors (Lipinski definition) is 2. The predicted molar refractivity (Wildman–Crippen MR) is 267 cm³/mol. The summed E-state index contributed by atoms with van der Waals surface area (Å²) < 4.78 is 0. The molecule has 2 aliphatic heterocycles. The molecule has 0 fully saturated rings. The Bertz CT molecular complexity index is 3250. The summed E-state index contributed by atoms with van der Waals surface area (Å²) in [6.45, 7) is 11.7. The van der Waals surface area contributed by atoms with Gasteiger partial charge in [-0.25, -0.2) is 0 Å². The highest BCUT2D eigenvalue weighted by Crippen LogP contribution is 2.53. The summed E-state index contributed by atoms with van der Waals surface area (Å²) >= 11 is 0. The first kappa shape index (κ1) is 37.8. The number of para-hydroxylation sites is 4. The summed E-state index contributed by atoms with van der Waals surface area (Å²) in [7, 11) is 0. The van der Waals surface area contributed by atoms with Crippen LogP contribution in [-0.4, -0.2) is 6.04 Å². The van der Waals surface area contributed by atoms with Gasteiger partial charge in [-0.15, -0.1) is 0 Å². The maximum absolute atomic E-state index is 2.64. The molecule has 2 heterocycles. The lowest BCUT2D eigenvalue weighted by Gasteiger charge is -2.45. The van der Waals surface area contributed by atoms with Crippen molar-refractivity contribution in [3.8, 4) is 22.3 Å². The molecular weight excluding hydrogens is 761 g/mol. The second-order valence-electron chi connectivity index (χ2n) is 19.2. The van der Waals surface area contributed by atoms with E-state index in [0.29, 0.717) is 0 Å². The van der Waals surface area contributed by atoms with Crippen LogP contribution in [0.4, 0.5) is 28.4 Å². The Labute approximate surface area is 371 Å². The first-order chi connectivity index (χ1) is 30.7. The number of fused-ring (bicyclic) bond motifs is 7. The minimum absolute atomic E-state index is 0.110. The van der Waals surface area contributed by atoms with E-state index in [1.807, 2.05) is 0 Å². The van der Waals surface area contributed by atoms with Crippen molar-refractivity contribution in [3.63, 3.8) is 0 Å². The van der Waals surface area contributed by atoms with Crippen molar-refractivity contribution in [2.45, 2.75) is 70.8 Å². The molecule has 0 amide bonds. The fourth-order valence-electron chi connectivity index (χ4n) is 11.7. The molecule has 306 valence electrons. The molecule has 2 heteroatoms. The third-order valence-electron chi connectivity index (χ3n) is 14.8. The summed E-state index contributed by atoms with van der Waals surface area (Å²) in [6, 6.07) is 60.1. The second kappa shape index (κ2) is 14.1. The molecule has 4 aliphatic rings. The molecule has 0 saturated carbocycles. The monoisotopic (exact) mass is 812 g/mol. The van der Waals surface area contributed by atoms with Crippen LogP contribution in [-0.2, 0) is 17.3 Å². The highest BCUT2D eigenvalue weighted by atomic mass is 15.2. The van der Waals surface area contributed by atoms with E-state index >= 15 is 0 Å². The third-order valence-corrected chi connectivity index (χ3v) is 14.8. The van der Waals surface area contributed by atoms with Crippen LogP contribution < -0.4 is 20.2 Å². The topological polar surface area (TPSA) is 6.48 Å². The lowest BCUT2D eigenvalue weighted by atomic mass is 9.73. The second-order valence-corrected chi connectivity index (χ2v) is 19.2. The van der Waals surface area contributed by atoms with Crippen molar-refractivity contribution in [2.24, 2.45) is 0 Å². The third kappa shape index (κ3) is 5.70. The maximum Gasteiger partial charge on any atom is 0.0566 e. The number of allylic oxidation sites excluding steroid dienone is 1. The van der Waals surface area contributed by atoms with Gasteiger partial charge < -0.3 is 9.80 Å². The molecule has 8 aromatic rings. The largest absolute Gasteiger partial charge is 0.334 e. The van der Waals surface area contributed by atoms with Gasteiger partial charge in [0.15, 0.2) is 0 Å². The maximum atomic E-state index is 2.64. The van der Waals surface area contributed by atoms with Gasteiger partial charge in [0.1, 0.15) is 0 Å². The average molecular weight is 813 g/mol. The van der Waals surface area contributed by atoms with Gasteiger partial charge in [0, 0.05) is 27.9 Å². The Morgan fingerprint density at radius 3 is 1.71 bits per heavy atom. The van der Waals surface area contributed by atoms with Gasteiger partial charge in [0.05, 0.1) is 17.4 Å². The smallest absolute Gasteiger partial charge is 0.0566 e. The van der Waals surface area contributed by atoms with Gasteiger partial charge in [0.2, 0.25) is 0 Å². The van der Waals surface area contributed by atoms with Crippen LogP contribution in [0.3, 0.4) is 0 Å². The molecule has 0 saturated heterocycles. The quantitative estimate of drug-likeness (QED) is 0.175. The van der Waals surface area contributed by atoms with E-state index < -0.39 is 0 Å². The van der Waals surface area contributed by atoms with E-state index in [-0.39, 0.29) is 16.9 Å². The molecule has 12 rings (SSSR count). The van der Waals surface area contributed by atoms with Gasteiger partial charge in [-0.1, -0.05) is 179 Å². The fourth-order valence-corrected chi connectivity index (χ4v) is 11.7. The van der Waals surface area contributed by atoms with E-state index in [9.17, 15) is 0 Å². The normalized spacial score (nSPS) is 17.3. The molecule has 1 unspecified atom stereocenters. The minimum Gasteiger partial charge on any atom is -0.334 e. The number of aryl methyl sites for hydroxylation is 2. The zero-order valence-electron chi connectivity index (χ0n) is 36.9. The lowest BCUT2D eigenvalue weighted by Crippen LogP contribution is -2.43. The van der Waals surface area contributed by atoms with E-state index in [1.165, 1.54) is 111 Å². The molecule has 2 nitrogen and oxygen atoms in total. The highest BCUT2D eigenvalue weighted by Gasteiger charge is 2.39. The van der Waals surface area contributed by atoms with Crippen molar-refractivity contribution < 1.29 is 0 Å². The van der Waals surface area contributed by atoms with Crippen molar-refractivity contribution >= 4 is 57.4 Å². The van der Waals surface area contributed by atoms with Gasteiger partial charge in [-0.05, 0) is 139 Å². The van der Waals surface area contributed by atoms with Gasteiger partial charge in [-0.2, -0.15) is 0 Å². The molecule has 8 aromatic carbocycles. The lowest BCUT2D eigenvalue weighted by molar-refractivity contribution is 0.618. The highest BCUT2D eigenvalue weighted by molar-refractivity contribution is 6.08. The zero-order valence-corrected chi connectivity index (χ0v) is 36.9. The molecule has 1 atom stereocenters. The standard InChI is InChI=1S/C61H52N2/c1-39-26-28-41(29-27-39)58-46-34-32-45(63-56-24-14-10-20-52(56)61(4,5)53-21-11-15-25-57(53)63)38-49(46)59(43-31-30-40-16-6-7-17-42(40)36-43)47-35-33-44(37-48(47)58)62-54-22-12-8-18-50(54)60(2,3)51-19-9-13-23-55(51)62/h6,8-16,18-32,34-38,44H,7,17,33H2,1-5H3. The first-order valence-electron chi connectivity index (χ1n) is 22.8. The Kier molecular flexibility index (Phi) is 8.44. The van der Waals surface area contributed by atoms with Gasteiger partial charge in [-0.3, -0.25) is 0 Å². The molecular formula is C61H52N2. The fraction of sp³-hybridized carbons (Fsp3) is 0.180. The van der Waals surface area contributed by atoms with Crippen LogP contribution in [0.5, 0.6) is 0 Å². The van der Waals surface area contributed by atoms with Crippen LogP contribution in [0.25, 0.3) is 51.3 Å². The van der Waals surface area contributed by atoms with E-state index in [4.69, 9.17) is 0 Å². The number of anilines is 5. The molecule has 0 aromatic heterocycles. The number of nitrogens with zero attached hydrogens (tertiary/aromatic N) is 2. The SMILES string of the molecule is Cc1ccc(-c2c3c(c(-c4ccc5c(c4)CCC=C5)c4cc(N5c6ccccc6C(C)(C)c6ccccc65)ccc24)=CCC(N2c4ccccc4C(C)(C)c4ccccc42)C=3)cc1. The number of rotatable bonds is 4. The summed E-state index contributed by atoms with van der Waals surface area (Å²) in [5, 5.41) is 5.21. The number of hydrogen-bond donors (Lipinski definition) is 0. The molecule has 63 heavy (non-hydrogen) atoms. The molecule has 2 aliphatic carbocycles. The summed E-state index contributed by atoms with van der Waals surface area (Å²) in [5.74, 6) is 0. The number of benzene rings is 8. The molecule has 0 N–H and O–H groups in total. The van der Waals surface area contributed by atoms with E-state index in [2.05, 4.69) is 226 Å². The van der Waals surface area contributed by atoms with Crippen molar-refractivity contribution in [1.29, 1.82) is 0 Å². The Morgan fingerprint density at radius 1 is 0.524 bits per heavy atom. The summed E-state index contributed by atoms with van der Waals surface area (Å²) in [4.78, 5) is 5.15.